The van der Waals surface area contributed by atoms with E-state index in [2.05, 4.69) is 48.3 Å². The predicted molar refractivity (Wildman–Crippen MR) is 92.4 cm³/mol. The summed E-state index contributed by atoms with van der Waals surface area (Å²) in [5, 5.41) is 3.42. The Morgan fingerprint density at radius 1 is 1.14 bits per heavy atom. The third-order valence-corrected chi connectivity index (χ3v) is 4.76. The Hall–Kier alpha value is -1.06. The second kappa shape index (κ2) is 7.47. The Morgan fingerprint density at radius 2 is 1.68 bits per heavy atom. The van der Waals surface area contributed by atoms with Gasteiger partial charge in [0.15, 0.2) is 0 Å². The second-order valence-corrected chi connectivity index (χ2v) is 7.07. The van der Waals surface area contributed by atoms with Crippen LogP contribution in [-0.4, -0.2) is 37.0 Å². The lowest BCUT2D eigenvalue weighted by Gasteiger charge is -2.17. The number of amides is 1. The predicted octanol–water partition coefficient (Wildman–Crippen LogP) is 2.53. The van der Waals surface area contributed by atoms with E-state index in [0.717, 1.165) is 38.2 Å². The van der Waals surface area contributed by atoms with Gasteiger partial charge in [0.25, 0.3) is 0 Å². The molecule has 3 nitrogen and oxygen atoms in total. The first kappa shape index (κ1) is 17.3. The van der Waals surface area contributed by atoms with E-state index in [1.807, 2.05) is 0 Å². The van der Waals surface area contributed by atoms with E-state index in [1.165, 1.54) is 5.56 Å². The van der Waals surface area contributed by atoms with E-state index in [0.29, 0.717) is 30.1 Å². The largest absolute Gasteiger partial charge is 0.342 e. The summed E-state index contributed by atoms with van der Waals surface area (Å²) >= 11 is 0. The van der Waals surface area contributed by atoms with Gasteiger partial charge in [0.1, 0.15) is 0 Å². The van der Waals surface area contributed by atoms with Crippen LogP contribution in [0.4, 0.5) is 0 Å². The first-order valence-electron chi connectivity index (χ1n) is 8.18. The zero-order valence-electron chi connectivity index (χ0n) is 13.5. The van der Waals surface area contributed by atoms with Crippen LogP contribution in [0.2, 0.25) is 0 Å². The van der Waals surface area contributed by atoms with Crippen LogP contribution in [0.25, 0.3) is 0 Å². The fourth-order valence-electron chi connectivity index (χ4n) is 3.61. The number of likely N-dealkylation sites (tertiary alicyclic amines) is 1. The van der Waals surface area contributed by atoms with Gasteiger partial charge in [0.05, 0.1) is 6.42 Å². The first-order valence-corrected chi connectivity index (χ1v) is 8.18. The van der Waals surface area contributed by atoms with Gasteiger partial charge in [-0.25, -0.2) is 0 Å². The van der Waals surface area contributed by atoms with Crippen LogP contribution in [-0.2, 0) is 17.6 Å². The molecule has 1 aromatic carbocycles. The van der Waals surface area contributed by atoms with Gasteiger partial charge in [-0.05, 0) is 35.3 Å². The number of benzene rings is 1. The molecule has 0 radical (unpaired) electrons. The fourth-order valence-corrected chi connectivity index (χ4v) is 3.61. The van der Waals surface area contributed by atoms with Crippen molar-refractivity contribution < 1.29 is 4.79 Å². The van der Waals surface area contributed by atoms with Crippen molar-refractivity contribution in [2.24, 2.45) is 17.8 Å². The molecule has 0 aliphatic carbocycles. The Labute approximate surface area is 139 Å². The van der Waals surface area contributed by atoms with Crippen molar-refractivity contribution in [1.82, 2.24) is 10.2 Å². The molecule has 1 amide bonds. The molecule has 22 heavy (non-hydrogen) atoms. The van der Waals surface area contributed by atoms with Crippen LogP contribution in [0, 0.1) is 17.8 Å². The molecule has 4 heteroatoms. The van der Waals surface area contributed by atoms with Crippen LogP contribution in [0.15, 0.2) is 24.3 Å². The molecule has 0 spiro atoms. The number of hydrogen-bond acceptors (Lipinski definition) is 2. The van der Waals surface area contributed by atoms with E-state index in [1.54, 1.807) is 0 Å². The summed E-state index contributed by atoms with van der Waals surface area (Å²) in [6, 6.07) is 8.58. The molecule has 0 bridgehead atoms. The number of hydrogen-bond donors (Lipinski definition) is 1. The highest BCUT2D eigenvalue weighted by Crippen LogP contribution is 2.26. The number of rotatable bonds is 4. The summed E-state index contributed by atoms with van der Waals surface area (Å²) in [4.78, 5) is 14.5. The average Bonchev–Trinajstić information content (AvgIpc) is 3.01. The van der Waals surface area contributed by atoms with Gasteiger partial charge in [0.2, 0.25) is 5.91 Å². The molecule has 122 valence electrons. The second-order valence-electron chi connectivity index (χ2n) is 7.07. The lowest BCUT2D eigenvalue weighted by atomic mass is 10.0. The van der Waals surface area contributed by atoms with Crippen molar-refractivity contribution in [2.75, 3.05) is 26.2 Å². The molecule has 0 aromatic heterocycles. The highest BCUT2D eigenvalue weighted by atomic mass is 35.5. The van der Waals surface area contributed by atoms with Gasteiger partial charge in [-0.15, -0.1) is 12.4 Å². The first-order chi connectivity index (χ1) is 10.1. The monoisotopic (exact) mass is 322 g/mol. The SMILES string of the molecule is CC(C)Cc1ccc(CC(=O)N2C[C@H]3CNC[C@H]3C2)cc1.Cl. The van der Waals surface area contributed by atoms with Crippen LogP contribution in [0.1, 0.15) is 25.0 Å². The summed E-state index contributed by atoms with van der Waals surface area (Å²) in [6.07, 6.45) is 1.66. The Bertz CT molecular complexity index is 488. The zero-order chi connectivity index (χ0) is 14.8. The van der Waals surface area contributed by atoms with E-state index in [4.69, 9.17) is 0 Å². The summed E-state index contributed by atoms with van der Waals surface area (Å²) in [5.74, 6) is 2.33. The van der Waals surface area contributed by atoms with Crippen LogP contribution >= 0.6 is 12.4 Å². The summed E-state index contributed by atoms with van der Waals surface area (Å²) in [6.45, 7) is 8.52. The molecule has 2 saturated heterocycles. The van der Waals surface area contributed by atoms with E-state index >= 15 is 0 Å². The van der Waals surface area contributed by atoms with Crippen molar-refractivity contribution in [3.8, 4) is 0 Å². The molecular formula is C18H27ClN2O. The average molecular weight is 323 g/mol. The van der Waals surface area contributed by atoms with Crippen LogP contribution in [0.3, 0.4) is 0 Å². The third kappa shape index (κ3) is 4.02. The number of fused-ring (bicyclic) bond motifs is 1. The lowest BCUT2D eigenvalue weighted by Crippen LogP contribution is -2.32. The van der Waals surface area contributed by atoms with Gasteiger partial charge in [-0.2, -0.15) is 0 Å². The summed E-state index contributed by atoms with van der Waals surface area (Å²) < 4.78 is 0. The van der Waals surface area contributed by atoms with Gasteiger partial charge >= 0.3 is 0 Å². The van der Waals surface area contributed by atoms with Gasteiger partial charge in [0, 0.05) is 26.2 Å². The Kier molecular flexibility index (Phi) is 5.87. The highest BCUT2D eigenvalue weighted by Gasteiger charge is 2.37. The fraction of sp³-hybridized carbons (Fsp3) is 0.611. The number of nitrogens with zero attached hydrogens (tertiary/aromatic N) is 1. The maximum absolute atomic E-state index is 12.4. The molecule has 2 heterocycles. The van der Waals surface area contributed by atoms with E-state index in [-0.39, 0.29) is 12.4 Å². The number of halogens is 1. The zero-order valence-corrected chi connectivity index (χ0v) is 14.4. The number of carbonyl (C=O) groups is 1. The topological polar surface area (TPSA) is 32.3 Å². The van der Waals surface area contributed by atoms with Gasteiger partial charge < -0.3 is 10.2 Å². The van der Waals surface area contributed by atoms with Crippen LogP contribution in [0.5, 0.6) is 0 Å². The summed E-state index contributed by atoms with van der Waals surface area (Å²) in [7, 11) is 0. The van der Waals surface area contributed by atoms with Crippen molar-refractivity contribution in [1.29, 1.82) is 0 Å². The normalized spacial score (nSPS) is 23.5. The summed E-state index contributed by atoms with van der Waals surface area (Å²) in [5.41, 5.74) is 2.51. The van der Waals surface area contributed by atoms with Crippen molar-refractivity contribution in [2.45, 2.75) is 26.7 Å². The van der Waals surface area contributed by atoms with Gasteiger partial charge in [-0.1, -0.05) is 38.1 Å². The molecule has 1 N–H and O–H groups in total. The molecule has 2 fully saturated rings. The maximum Gasteiger partial charge on any atom is 0.227 e. The molecule has 2 aliphatic rings. The quantitative estimate of drug-likeness (QED) is 0.924. The standard InChI is InChI=1S/C18H26N2O.ClH/c1-13(2)7-14-3-5-15(6-4-14)8-18(21)20-11-16-9-19-10-17(16)12-20;/h3-6,13,16-17,19H,7-12H2,1-2H3;1H/t16-,17+;. The molecule has 2 aliphatic heterocycles. The maximum atomic E-state index is 12.4. The minimum Gasteiger partial charge on any atom is -0.342 e. The number of carbonyl (C=O) groups excluding carboxylic acids is 1. The van der Waals surface area contributed by atoms with Crippen LogP contribution < -0.4 is 5.32 Å². The number of nitrogens with one attached hydrogen (secondary N) is 1. The smallest absolute Gasteiger partial charge is 0.227 e. The Balaban J connectivity index is 0.00000176. The molecule has 0 saturated carbocycles. The lowest BCUT2D eigenvalue weighted by molar-refractivity contribution is -0.129. The minimum atomic E-state index is 0. The molecule has 0 unspecified atom stereocenters. The minimum absolute atomic E-state index is 0. The van der Waals surface area contributed by atoms with E-state index < -0.39 is 0 Å². The van der Waals surface area contributed by atoms with Crippen molar-refractivity contribution >= 4 is 18.3 Å². The molecular weight excluding hydrogens is 296 g/mol. The van der Waals surface area contributed by atoms with Crippen molar-refractivity contribution in [3.05, 3.63) is 35.4 Å². The third-order valence-electron chi connectivity index (χ3n) is 4.76. The molecule has 2 atom stereocenters. The Morgan fingerprint density at radius 3 is 2.23 bits per heavy atom. The highest BCUT2D eigenvalue weighted by molar-refractivity contribution is 5.85. The van der Waals surface area contributed by atoms with E-state index in [9.17, 15) is 4.79 Å². The molecule has 1 aromatic rings. The molecule has 3 rings (SSSR count). The van der Waals surface area contributed by atoms with Crippen molar-refractivity contribution in [3.63, 3.8) is 0 Å². The van der Waals surface area contributed by atoms with Gasteiger partial charge in [-0.3, -0.25) is 4.79 Å².